The molecule has 3 nitrogen and oxygen atoms in total. The van der Waals surface area contributed by atoms with Gasteiger partial charge in [0.2, 0.25) is 0 Å². The smallest absolute Gasteiger partial charge is 0.120 e. The minimum Gasteiger partial charge on any atom is -0.492 e. The van der Waals surface area contributed by atoms with Crippen LogP contribution >= 0.6 is 23.2 Å². The molecule has 1 unspecified atom stereocenters. The number of likely N-dealkylation sites (tertiary alicyclic amines) is 1. The van der Waals surface area contributed by atoms with Gasteiger partial charge in [0.1, 0.15) is 23.7 Å². The number of halogens is 2. The number of ether oxygens (including phenoxy) is 2. The van der Waals surface area contributed by atoms with Gasteiger partial charge in [-0.3, -0.25) is 4.90 Å². The van der Waals surface area contributed by atoms with Crippen molar-refractivity contribution in [2.75, 3.05) is 26.2 Å². The molecular weight excluding hydrogens is 345 g/mol. The fourth-order valence-electron chi connectivity index (χ4n) is 2.94. The summed E-state index contributed by atoms with van der Waals surface area (Å²) in [5.74, 6) is 1.67. The third-order valence-electron chi connectivity index (χ3n) is 4.17. The van der Waals surface area contributed by atoms with Gasteiger partial charge in [0.05, 0.1) is 0 Å². The Labute approximate surface area is 153 Å². The van der Waals surface area contributed by atoms with Gasteiger partial charge in [0, 0.05) is 36.1 Å². The Bertz CT molecular complexity index is 677. The van der Waals surface area contributed by atoms with E-state index in [9.17, 15) is 0 Å². The van der Waals surface area contributed by atoms with E-state index in [1.54, 1.807) is 0 Å². The van der Waals surface area contributed by atoms with Crippen molar-refractivity contribution < 1.29 is 9.47 Å². The van der Waals surface area contributed by atoms with E-state index in [0.717, 1.165) is 42.6 Å². The summed E-state index contributed by atoms with van der Waals surface area (Å²) < 4.78 is 11.9. The van der Waals surface area contributed by atoms with E-state index in [1.807, 2.05) is 48.5 Å². The Morgan fingerprint density at radius 3 is 2.58 bits per heavy atom. The summed E-state index contributed by atoms with van der Waals surface area (Å²) in [7, 11) is 0. The summed E-state index contributed by atoms with van der Waals surface area (Å²) in [6, 6.07) is 15.0. The quantitative estimate of drug-likeness (QED) is 0.725. The zero-order chi connectivity index (χ0) is 17.0. The van der Waals surface area contributed by atoms with Crippen LogP contribution in [0.2, 0.25) is 10.0 Å². The third kappa shape index (κ3) is 4.79. The van der Waals surface area contributed by atoms with Crippen LogP contribution in [-0.2, 0) is 0 Å². The lowest BCUT2D eigenvalue weighted by Crippen LogP contribution is -2.37. The van der Waals surface area contributed by atoms with Gasteiger partial charge in [-0.25, -0.2) is 0 Å². The van der Waals surface area contributed by atoms with Crippen LogP contribution in [0.15, 0.2) is 48.5 Å². The second kappa shape index (κ2) is 7.64. The predicted octanol–water partition coefficient (Wildman–Crippen LogP) is 4.92. The van der Waals surface area contributed by atoms with Crippen LogP contribution in [0.4, 0.5) is 0 Å². The molecule has 2 aromatic rings. The molecule has 0 N–H and O–H groups in total. The molecule has 1 atom stereocenters. The summed E-state index contributed by atoms with van der Waals surface area (Å²) in [5.41, 5.74) is -0.177. The van der Waals surface area contributed by atoms with Gasteiger partial charge in [-0.1, -0.05) is 29.3 Å². The zero-order valence-electron chi connectivity index (χ0n) is 13.7. The maximum absolute atomic E-state index is 6.17. The minimum absolute atomic E-state index is 0.177. The van der Waals surface area contributed by atoms with E-state index in [0.29, 0.717) is 11.6 Å². The van der Waals surface area contributed by atoms with Crippen molar-refractivity contribution >= 4 is 23.2 Å². The molecule has 0 aromatic heterocycles. The molecule has 3 rings (SSSR count). The Balaban J connectivity index is 1.47. The highest BCUT2D eigenvalue weighted by molar-refractivity contribution is 6.30. The molecule has 0 aliphatic carbocycles. The summed E-state index contributed by atoms with van der Waals surface area (Å²) in [6.07, 6.45) is 0.993. The zero-order valence-corrected chi connectivity index (χ0v) is 15.2. The van der Waals surface area contributed by atoms with Gasteiger partial charge in [0.15, 0.2) is 0 Å². The van der Waals surface area contributed by atoms with Crippen LogP contribution in [0, 0.1) is 0 Å². The van der Waals surface area contributed by atoms with Gasteiger partial charge < -0.3 is 9.47 Å². The number of hydrogen-bond acceptors (Lipinski definition) is 3. The van der Waals surface area contributed by atoms with Gasteiger partial charge in [-0.2, -0.15) is 0 Å². The Morgan fingerprint density at radius 2 is 1.83 bits per heavy atom. The maximum Gasteiger partial charge on any atom is 0.120 e. The Hall–Kier alpha value is -1.42. The van der Waals surface area contributed by atoms with Gasteiger partial charge in [-0.15, -0.1) is 0 Å². The number of benzene rings is 2. The van der Waals surface area contributed by atoms with E-state index >= 15 is 0 Å². The highest BCUT2D eigenvalue weighted by atomic mass is 35.5. The lowest BCUT2D eigenvalue weighted by Gasteiger charge is -2.26. The van der Waals surface area contributed by atoms with E-state index in [-0.39, 0.29) is 5.60 Å². The van der Waals surface area contributed by atoms with E-state index < -0.39 is 0 Å². The average Bonchev–Trinajstić information content (AvgIpc) is 2.91. The molecule has 1 saturated heterocycles. The molecule has 0 bridgehead atoms. The molecule has 5 heteroatoms. The molecule has 0 spiro atoms. The van der Waals surface area contributed by atoms with E-state index in [2.05, 4.69) is 11.8 Å². The highest BCUT2D eigenvalue weighted by Crippen LogP contribution is 2.28. The molecule has 1 aliphatic heterocycles. The molecule has 1 heterocycles. The van der Waals surface area contributed by atoms with Crippen molar-refractivity contribution in [3.63, 3.8) is 0 Å². The monoisotopic (exact) mass is 365 g/mol. The molecule has 1 aliphatic rings. The summed E-state index contributed by atoms with van der Waals surface area (Å²) in [4.78, 5) is 2.36. The predicted molar refractivity (Wildman–Crippen MR) is 98.5 cm³/mol. The average molecular weight is 366 g/mol. The molecule has 2 aromatic carbocycles. The van der Waals surface area contributed by atoms with E-state index in [4.69, 9.17) is 32.7 Å². The molecule has 0 amide bonds. The largest absolute Gasteiger partial charge is 0.492 e. The molecule has 0 saturated carbocycles. The first kappa shape index (κ1) is 17.4. The number of rotatable bonds is 6. The van der Waals surface area contributed by atoms with Crippen molar-refractivity contribution in [1.82, 2.24) is 4.90 Å². The number of nitrogens with zero attached hydrogens (tertiary/aromatic N) is 1. The SMILES string of the molecule is CC1(Oc2ccc(Cl)cc2)CCN(CCOc2cccc(Cl)c2)C1. The van der Waals surface area contributed by atoms with Crippen molar-refractivity contribution in [3.05, 3.63) is 58.6 Å². The third-order valence-corrected chi connectivity index (χ3v) is 4.65. The van der Waals surface area contributed by atoms with Gasteiger partial charge in [0.25, 0.3) is 0 Å². The molecule has 1 fully saturated rings. The second-order valence-electron chi connectivity index (χ2n) is 6.34. The van der Waals surface area contributed by atoms with Crippen LogP contribution in [0.5, 0.6) is 11.5 Å². The van der Waals surface area contributed by atoms with Crippen LogP contribution in [-0.4, -0.2) is 36.7 Å². The molecule has 128 valence electrons. The lowest BCUT2D eigenvalue weighted by atomic mass is 10.1. The van der Waals surface area contributed by atoms with Crippen LogP contribution < -0.4 is 9.47 Å². The normalized spacial score (nSPS) is 21.0. The standard InChI is InChI=1S/C19H21Cl2NO2/c1-19(24-17-7-5-15(20)6-8-17)9-10-22(14-19)11-12-23-18-4-2-3-16(21)13-18/h2-8,13H,9-12,14H2,1H3. The fourth-order valence-corrected chi connectivity index (χ4v) is 3.24. The fraction of sp³-hybridized carbons (Fsp3) is 0.368. The lowest BCUT2D eigenvalue weighted by molar-refractivity contribution is 0.0935. The van der Waals surface area contributed by atoms with E-state index in [1.165, 1.54) is 0 Å². The molecule has 24 heavy (non-hydrogen) atoms. The van der Waals surface area contributed by atoms with Crippen LogP contribution in [0.25, 0.3) is 0 Å². The minimum atomic E-state index is -0.177. The van der Waals surface area contributed by atoms with Gasteiger partial charge >= 0.3 is 0 Å². The number of hydrogen-bond donors (Lipinski definition) is 0. The first-order valence-corrected chi connectivity index (χ1v) is 8.83. The Morgan fingerprint density at radius 1 is 1.04 bits per heavy atom. The van der Waals surface area contributed by atoms with Crippen molar-refractivity contribution in [2.24, 2.45) is 0 Å². The van der Waals surface area contributed by atoms with Crippen molar-refractivity contribution in [1.29, 1.82) is 0 Å². The topological polar surface area (TPSA) is 21.7 Å². The van der Waals surface area contributed by atoms with Crippen molar-refractivity contribution in [3.8, 4) is 11.5 Å². The second-order valence-corrected chi connectivity index (χ2v) is 7.21. The van der Waals surface area contributed by atoms with Gasteiger partial charge in [-0.05, 0) is 49.4 Å². The summed E-state index contributed by atoms with van der Waals surface area (Å²) in [5, 5.41) is 1.41. The molecule has 0 radical (unpaired) electrons. The van der Waals surface area contributed by atoms with Crippen LogP contribution in [0.3, 0.4) is 0 Å². The highest BCUT2D eigenvalue weighted by Gasteiger charge is 2.35. The Kier molecular flexibility index (Phi) is 5.54. The summed E-state index contributed by atoms with van der Waals surface area (Å²) >= 11 is 11.9. The van der Waals surface area contributed by atoms with Crippen LogP contribution in [0.1, 0.15) is 13.3 Å². The summed E-state index contributed by atoms with van der Waals surface area (Å²) in [6.45, 7) is 5.54. The first-order valence-electron chi connectivity index (χ1n) is 8.08. The maximum atomic E-state index is 6.17. The van der Waals surface area contributed by atoms with Crippen molar-refractivity contribution in [2.45, 2.75) is 18.9 Å². The molecular formula is C19H21Cl2NO2. The first-order chi connectivity index (χ1) is 11.5.